The first-order valence-corrected chi connectivity index (χ1v) is 12.5. The first kappa shape index (κ1) is 24.7. The number of rotatable bonds is 4. The van der Waals surface area contributed by atoms with Gasteiger partial charge in [-0.3, -0.25) is 39.4 Å². The highest BCUT2D eigenvalue weighted by molar-refractivity contribution is 6.37. The molecule has 7 rings (SSSR count). The van der Waals surface area contributed by atoms with Gasteiger partial charge in [0.1, 0.15) is 0 Å². The van der Waals surface area contributed by atoms with Crippen LogP contribution in [0.15, 0.2) is 84.9 Å². The lowest BCUT2D eigenvalue weighted by molar-refractivity contribution is -0.383. The monoisotopic (exact) mass is 558 g/mol. The summed E-state index contributed by atoms with van der Waals surface area (Å²) in [7, 11) is 0. The quantitative estimate of drug-likeness (QED) is 0.161. The second-order valence-electron chi connectivity index (χ2n) is 9.64. The number of carbonyl (C=O) groups excluding carboxylic acids is 4. The first-order valence-electron chi connectivity index (χ1n) is 12.5. The molecule has 12 heteroatoms. The Morgan fingerprint density at radius 3 is 1.12 bits per heavy atom. The van der Waals surface area contributed by atoms with E-state index in [0.29, 0.717) is 0 Å². The molecule has 4 amide bonds. The Kier molecular flexibility index (Phi) is 5.06. The number of hydrogen-bond acceptors (Lipinski definition) is 8. The fourth-order valence-electron chi connectivity index (χ4n) is 5.70. The van der Waals surface area contributed by atoms with E-state index in [9.17, 15) is 39.4 Å². The molecule has 0 radical (unpaired) electrons. The summed E-state index contributed by atoms with van der Waals surface area (Å²) in [5.74, 6) is -2.73. The molecule has 0 spiro atoms. The highest BCUT2D eigenvalue weighted by Gasteiger charge is 2.38. The molecule has 2 aliphatic heterocycles. The average molecular weight is 558 g/mol. The van der Waals surface area contributed by atoms with Gasteiger partial charge >= 0.3 is 0 Å². The van der Waals surface area contributed by atoms with Gasteiger partial charge in [-0.1, -0.05) is 12.1 Å². The lowest BCUT2D eigenvalue weighted by Crippen LogP contribution is -2.41. The smallest absolute Gasteiger partial charge is 0.268 e. The number of imide groups is 2. The highest BCUT2D eigenvalue weighted by Crippen LogP contribution is 2.39. The number of carbonyl (C=O) groups is 4. The van der Waals surface area contributed by atoms with Gasteiger partial charge in [-0.05, 0) is 60.7 Å². The Hall–Kier alpha value is -6.30. The molecular formula is C30H14N4O8. The SMILES string of the molecule is O=C1c2cccc3c([N+](=O)[O-])ccc(c23)C(=O)N1c1ccc(N2C(=O)c3cccc4c([N+](=O)[O-])ccc(c34)C2=O)cc1. The van der Waals surface area contributed by atoms with Crippen LogP contribution in [-0.4, -0.2) is 33.5 Å². The lowest BCUT2D eigenvalue weighted by Gasteiger charge is -2.29. The summed E-state index contributed by atoms with van der Waals surface area (Å²) in [6.45, 7) is 0. The maximum Gasteiger partial charge on any atom is 0.277 e. The molecule has 0 unspecified atom stereocenters. The molecule has 0 bridgehead atoms. The molecule has 0 aromatic heterocycles. The third-order valence-electron chi connectivity index (χ3n) is 7.53. The summed E-state index contributed by atoms with van der Waals surface area (Å²) in [6.07, 6.45) is 0. The van der Waals surface area contributed by atoms with Crippen LogP contribution in [0.25, 0.3) is 21.5 Å². The number of benzene rings is 5. The van der Waals surface area contributed by atoms with Crippen molar-refractivity contribution in [3.05, 3.63) is 127 Å². The number of nitro benzene ring substituents is 2. The van der Waals surface area contributed by atoms with Crippen molar-refractivity contribution in [3.63, 3.8) is 0 Å². The van der Waals surface area contributed by atoms with Crippen molar-refractivity contribution in [2.24, 2.45) is 0 Å². The maximum absolute atomic E-state index is 13.5. The molecular weight excluding hydrogens is 544 g/mol. The predicted molar refractivity (Wildman–Crippen MR) is 150 cm³/mol. The van der Waals surface area contributed by atoms with Gasteiger partial charge in [-0.25, -0.2) is 9.80 Å². The standard InChI is InChI=1S/C30H14N4O8/c35-27-19-5-1-3-17-23(33(39)40)13-11-21(25(17)19)29(37)31(27)15-7-9-16(10-8-15)32-28(36)20-6-2-4-18-24(34(41)42)14-12-22(26(18)20)30(32)38/h1-14H. The van der Waals surface area contributed by atoms with Crippen LogP contribution in [-0.2, 0) is 0 Å². The zero-order valence-electron chi connectivity index (χ0n) is 21.1. The van der Waals surface area contributed by atoms with Gasteiger partial charge in [0.15, 0.2) is 0 Å². The molecule has 0 atom stereocenters. The van der Waals surface area contributed by atoms with Crippen molar-refractivity contribution >= 4 is 67.9 Å². The van der Waals surface area contributed by atoms with E-state index in [1.807, 2.05) is 0 Å². The zero-order chi connectivity index (χ0) is 29.4. The summed E-state index contributed by atoms with van der Waals surface area (Å²) in [5.41, 5.74) is 0.346. The second kappa shape index (κ2) is 8.60. The Labute approximate surface area is 234 Å². The fraction of sp³-hybridized carbons (Fsp3) is 0. The van der Waals surface area contributed by atoms with Gasteiger partial charge in [-0.15, -0.1) is 0 Å². The Morgan fingerprint density at radius 1 is 0.452 bits per heavy atom. The van der Waals surface area contributed by atoms with Crippen molar-refractivity contribution in [1.82, 2.24) is 0 Å². The van der Waals surface area contributed by atoms with Crippen molar-refractivity contribution < 1.29 is 29.0 Å². The van der Waals surface area contributed by atoms with Crippen molar-refractivity contribution in [1.29, 1.82) is 0 Å². The Bertz CT molecular complexity index is 1940. The second-order valence-corrected chi connectivity index (χ2v) is 9.64. The summed E-state index contributed by atoms with van der Waals surface area (Å²) in [4.78, 5) is 77.6. The molecule has 5 aromatic carbocycles. The van der Waals surface area contributed by atoms with Gasteiger partial charge in [0.05, 0.1) is 32.0 Å². The van der Waals surface area contributed by atoms with Crippen LogP contribution in [0.5, 0.6) is 0 Å². The van der Waals surface area contributed by atoms with Crippen molar-refractivity contribution in [3.8, 4) is 0 Å². The van der Waals surface area contributed by atoms with E-state index in [2.05, 4.69) is 0 Å². The van der Waals surface area contributed by atoms with Crippen LogP contribution in [0.4, 0.5) is 22.7 Å². The number of nitro groups is 2. The van der Waals surface area contributed by atoms with E-state index in [0.717, 1.165) is 9.80 Å². The number of amides is 4. The molecule has 12 nitrogen and oxygen atoms in total. The third-order valence-corrected chi connectivity index (χ3v) is 7.53. The zero-order valence-corrected chi connectivity index (χ0v) is 21.1. The number of hydrogen-bond donors (Lipinski definition) is 0. The van der Waals surface area contributed by atoms with Gasteiger partial charge in [0.2, 0.25) is 0 Å². The number of non-ortho nitro benzene ring substituents is 2. The van der Waals surface area contributed by atoms with Crippen molar-refractivity contribution in [2.75, 3.05) is 9.80 Å². The van der Waals surface area contributed by atoms with Gasteiger partial charge in [0, 0.05) is 45.2 Å². The van der Waals surface area contributed by atoms with Crippen molar-refractivity contribution in [2.45, 2.75) is 0 Å². The topological polar surface area (TPSA) is 161 Å². The summed E-state index contributed by atoms with van der Waals surface area (Å²) >= 11 is 0. The molecule has 202 valence electrons. The van der Waals surface area contributed by atoms with E-state index in [4.69, 9.17) is 0 Å². The van der Waals surface area contributed by atoms with Crippen LogP contribution in [0.1, 0.15) is 41.4 Å². The molecule has 0 saturated carbocycles. The highest BCUT2D eigenvalue weighted by atomic mass is 16.6. The van der Waals surface area contributed by atoms with Gasteiger partial charge in [-0.2, -0.15) is 0 Å². The van der Waals surface area contributed by atoms with Crippen LogP contribution in [0.2, 0.25) is 0 Å². The molecule has 0 fully saturated rings. The largest absolute Gasteiger partial charge is 0.277 e. The van der Waals surface area contributed by atoms with E-state index in [1.54, 1.807) is 0 Å². The van der Waals surface area contributed by atoms with Gasteiger partial charge in [0.25, 0.3) is 35.0 Å². The van der Waals surface area contributed by atoms with Gasteiger partial charge < -0.3 is 0 Å². The summed E-state index contributed by atoms with van der Waals surface area (Å²) in [6, 6.07) is 19.6. The summed E-state index contributed by atoms with van der Waals surface area (Å²) < 4.78 is 0. The third kappa shape index (κ3) is 3.23. The minimum atomic E-state index is -0.682. The van der Waals surface area contributed by atoms with Crippen LogP contribution in [0, 0.1) is 20.2 Å². The molecule has 0 aliphatic carbocycles. The molecule has 2 aliphatic rings. The lowest BCUT2D eigenvalue weighted by atomic mass is 9.92. The number of anilines is 2. The summed E-state index contributed by atoms with van der Waals surface area (Å²) in [5, 5.41) is 23.8. The van der Waals surface area contributed by atoms with Crippen LogP contribution < -0.4 is 9.80 Å². The molecule has 0 N–H and O–H groups in total. The van der Waals surface area contributed by atoms with E-state index >= 15 is 0 Å². The van der Waals surface area contributed by atoms with Crippen LogP contribution >= 0.6 is 0 Å². The minimum Gasteiger partial charge on any atom is -0.268 e. The molecule has 2 heterocycles. The first-order chi connectivity index (χ1) is 20.2. The molecule has 0 saturated heterocycles. The van der Waals surface area contributed by atoms with E-state index < -0.39 is 33.5 Å². The van der Waals surface area contributed by atoms with E-state index in [-0.39, 0.29) is 66.5 Å². The fourth-order valence-corrected chi connectivity index (χ4v) is 5.70. The number of nitrogens with zero attached hydrogens (tertiary/aromatic N) is 4. The van der Waals surface area contributed by atoms with Crippen LogP contribution in [0.3, 0.4) is 0 Å². The normalized spacial score (nSPS) is 14.2. The van der Waals surface area contributed by atoms with E-state index in [1.165, 1.54) is 84.9 Å². The molecule has 42 heavy (non-hydrogen) atoms. The Morgan fingerprint density at radius 2 is 0.786 bits per heavy atom. The minimum absolute atomic E-state index is 0.120. The predicted octanol–water partition coefficient (Wildman–Crippen LogP) is 5.41. The Balaban J connectivity index is 1.28. The molecule has 5 aromatic rings. The average Bonchev–Trinajstić information content (AvgIpc) is 2.98. The maximum atomic E-state index is 13.5.